The zero-order valence-corrected chi connectivity index (χ0v) is 23.4. The summed E-state index contributed by atoms with van der Waals surface area (Å²) >= 11 is 3.60. The van der Waals surface area contributed by atoms with E-state index in [0.717, 1.165) is 42.8 Å². The molecule has 1 aromatic heterocycles. The summed E-state index contributed by atoms with van der Waals surface area (Å²) in [6, 6.07) is 32.8. The zero-order chi connectivity index (χ0) is 26.0. The van der Waals surface area contributed by atoms with E-state index in [4.69, 9.17) is 9.72 Å². The standard InChI is InChI=1S/C32H31BrN2O2.H2O/c1-35(2)19-18-32(36,28-15-9-13-22-10-7-8-14-26(22)28)30(23-11-5-4-6-12-23)27-21-24-20-25(33)16-17-29(24)34-31(27)37-3;/h4-17,20-21,30,36H,18-19H2,1-3H3;1H2/t30?,32-;/m0./s1. The van der Waals surface area contributed by atoms with Gasteiger partial charge in [-0.15, -0.1) is 0 Å². The number of ether oxygens (including phenoxy) is 1. The maximum Gasteiger partial charge on any atom is 0.217 e. The Kier molecular flexibility index (Phi) is 8.48. The van der Waals surface area contributed by atoms with Crippen LogP contribution in [0, 0.1) is 0 Å². The molecule has 1 heterocycles. The lowest BCUT2D eigenvalue weighted by Gasteiger charge is -2.39. The second-order valence-corrected chi connectivity index (χ2v) is 10.7. The summed E-state index contributed by atoms with van der Waals surface area (Å²) in [4.78, 5) is 7.00. The topological polar surface area (TPSA) is 77.1 Å². The first-order chi connectivity index (χ1) is 17.9. The Morgan fingerprint density at radius 3 is 2.34 bits per heavy atom. The lowest BCUT2D eigenvalue weighted by atomic mass is 9.70. The van der Waals surface area contributed by atoms with Gasteiger partial charge in [-0.25, -0.2) is 4.98 Å². The second-order valence-electron chi connectivity index (χ2n) is 9.77. The van der Waals surface area contributed by atoms with Crippen molar-refractivity contribution < 1.29 is 15.3 Å². The van der Waals surface area contributed by atoms with Crippen LogP contribution in [0.4, 0.5) is 0 Å². The van der Waals surface area contributed by atoms with Gasteiger partial charge in [0.15, 0.2) is 0 Å². The SMILES string of the molecule is COc1nc2ccc(Br)cc2cc1C(c1ccccc1)[C@](O)(CCN(C)C)c1cccc2ccccc12.O. The van der Waals surface area contributed by atoms with E-state index in [9.17, 15) is 5.11 Å². The lowest BCUT2D eigenvalue weighted by molar-refractivity contribution is 0.00520. The molecule has 0 spiro atoms. The predicted molar refractivity (Wildman–Crippen MR) is 159 cm³/mol. The van der Waals surface area contributed by atoms with E-state index in [1.54, 1.807) is 7.11 Å². The Morgan fingerprint density at radius 2 is 1.61 bits per heavy atom. The van der Waals surface area contributed by atoms with Crippen molar-refractivity contribution in [1.82, 2.24) is 9.88 Å². The summed E-state index contributed by atoms with van der Waals surface area (Å²) in [6.07, 6.45) is 0.521. The van der Waals surface area contributed by atoms with E-state index in [0.29, 0.717) is 18.8 Å². The third-order valence-electron chi connectivity index (χ3n) is 7.08. The molecule has 1 unspecified atom stereocenters. The van der Waals surface area contributed by atoms with Crippen molar-refractivity contribution in [3.8, 4) is 5.88 Å². The fourth-order valence-electron chi connectivity index (χ4n) is 5.31. The largest absolute Gasteiger partial charge is 0.481 e. The Bertz CT molecular complexity index is 1540. The molecule has 0 amide bonds. The summed E-state index contributed by atoms with van der Waals surface area (Å²) in [6.45, 7) is 0.706. The van der Waals surface area contributed by atoms with Crippen LogP contribution in [0.5, 0.6) is 5.88 Å². The van der Waals surface area contributed by atoms with Crippen molar-refractivity contribution in [1.29, 1.82) is 0 Å². The van der Waals surface area contributed by atoms with Gasteiger partial charge in [-0.2, -0.15) is 0 Å². The minimum absolute atomic E-state index is 0. The summed E-state index contributed by atoms with van der Waals surface area (Å²) in [7, 11) is 5.73. The number of methoxy groups -OCH3 is 1. The zero-order valence-electron chi connectivity index (χ0n) is 21.9. The normalized spacial score (nSPS) is 13.7. The Labute approximate surface area is 232 Å². The van der Waals surface area contributed by atoms with Gasteiger partial charge in [-0.3, -0.25) is 0 Å². The number of hydrogen-bond acceptors (Lipinski definition) is 4. The molecule has 5 rings (SSSR count). The molecule has 0 aliphatic carbocycles. The first-order valence-electron chi connectivity index (χ1n) is 12.4. The number of aromatic nitrogens is 1. The molecule has 0 aliphatic heterocycles. The van der Waals surface area contributed by atoms with Crippen molar-refractivity contribution in [3.63, 3.8) is 0 Å². The summed E-state index contributed by atoms with van der Waals surface area (Å²) in [5, 5.41) is 16.2. The number of nitrogens with zero attached hydrogens (tertiary/aromatic N) is 2. The van der Waals surface area contributed by atoms with Crippen LogP contribution in [0.1, 0.15) is 29.0 Å². The molecule has 4 aromatic carbocycles. The molecule has 196 valence electrons. The summed E-state index contributed by atoms with van der Waals surface area (Å²) in [5.41, 5.74) is 2.36. The maximum atomic E-state index is 13.0. The van der Waals surface area contributed by atoms with Gasteiger partial charge in [0.25, 0.3) is 0 Å². The average Bonchev–Trinajstić information content (AvgIpc) is 2.92. The molecule has 0 saturated carbocycles. The van der Waals surface area contributed by atoms with Crippen molar-refractivity contribution in [2.24, 2.45) is 0 Å². The van der Waals surface area contributed by atoms with E-state index < -0.39 is 11.5 Å². The van der Waals surface area contributed by atoms with Gasteiger partial charge in [0.1, 0.15) is 5.60 Å². The molecule has 0 aliphatic rings. The Morgan fingerprint density at radius 1 is 0.895 bits per heavy atom. The molecule has 38 heavy (non-hydrogen) atoms. The van der Waals surface area contributed by atoms with Crippen LogP contribution < -0.4 is 4.74 Å². The van der Waals surface area contributed by atoms with E-state index in [2.05, 4.69) is 69.4 Å². The van der Waals surface area contributed by atoms with Crippen molar-refractivity contribution in [2.45, 2.75) is 17.9 Å². The number of rotatable bonds is 8. The van der Waals surface area contributed by atoms with Gasteiger partial charge in [-0.1, -0.05) is 88.7 Å². The highest BCUT2D eigenvalue weighted by Crippen LogP contribution is 2.49. The quantitative estimate of drug-likeness (QED) is 0.236. The number of benzene rings is 4. The van der Waals surface area contributed by atoms with E-state index >= 15 is 0 Å². The molecule has 6 heteroatoms. The number of hydrogen-bond donors (Lipinski definition) is 1. The summed E-state index contributed by atoms with van der Waals surface area (Å²) in [5.74, 6) is 0.0949. The molecule has 2 atom stereocenters. The number of pyridine rings is 1. The molecule has 0 radical (unpaired) electrons. The highest BCUT2D eigenvalue weighted by molar-refractivity contribution is 9.10. The molecule has 5 nitrogen and oxygen atoms in total. The Balaban J connectivity index is 0.00000336. The van der Waals surface area contributed by atoms with E-state index in [-0.39, 0.29) is 5.48 Å². The highest BCUT2D eigenvalue weighted by atomic mass is 79.9. The fourth-order valence-corrected chi connectivity index (χ4v) is 5.68. The van der Waals surface area contributed by atoms with Crippen LogP contribution in [0.2, 0.25) is 0 Å². The van der Waals surface area contributed by atoms with Crippen LogP contribution in [0.15, 0.2) is 102 Å². The Hall–Kier alpha value is -3.29. The fraction of sp³-hybridized carbons (Fsp3) is 0.219. The van der Waals surface area contributed by atoms with E-state index in [1.807, 2.05) is 62.6 Å². The van der Waals surface area contributed by atoms with E-state index in [1.165, 1.54) is 0 Å². The van der Waals surface area contributed by atoms with Gasteiger partial charge in [0.05, 0.1) is 12.6 Å². The van der Waals surface area contributed by atoms with Gasteiger partial charge in [0.2, 0.25) is 5.88 Å². The van der Waals surface area contributed by atoms with Crippen LogP contribution in [-0.2, 0) is 5.60 Å². The predicted octanol–water partition coefficient (Wildman–Crippen LogP) is 6.31. The van der Waals surface area contributed by atoms with Crippen molar-refractivity contribution >= 4 is 37.6 Å². The monoisotopic (exact) mass is 572 g/mol. The van der Waals surface area contributed by atoms with Crippen LogP contribution in [-0.4, -0.2) is 48.2 Å². The molecule has 3 N–H and O–H groups in total. The number of aliphatic hydroxyl groups is 1. The van der Waals surface area contributed by atoms with Crippen LogP contribution in [0.3, 0.4) is 0 Å². The molecule has 5 aromatic rings. The minimum Gasteiger partial charge on any atom is -0.481 e. The summed E-state index contributed by atoms with van der Waals surface area (Å²) < 4.78 is 6.86. The molecule has 0 saturated heterocycles. The van der Waals surface area contributed by atoms with Gasteiger partial charge in [0, 0.05) is 27.9 Å². The minimum atomic E-state index is -1.25. The lowest BCUT2D eigenvalue weighted by Crippen LogP contribution is -2.38. The first kappa shape index (κ1) is 27.7. The van der Waals surface area contributed by atoms with Gasteiger partial charge in [-0.05, 0) is 66.7 Å². The molecule has 0 fully saturated rings. The number of fused-ring (bicyclic) bond motifs is 2. The van der Waals surface area contributed by atoms with Crippen LogP contribution in [0.25, 0.3) is 21.7 Å². The third-order valence-corrected chi connectivity index (χ3v) is 7.57. The second kappa shape index (κ2) is 11.6. The third kappa shape index (κ3) is 5.31. The van der Waals surface area contributed by atoms with Crippen molar-refractivity contribution in [2.75, 3.05) is 27.7 Å². The first-order valence-corrected chi connectivity index (χ1v) is 13.2. The molecular formula is C32H33BrN2O3. The molecular weight excluding hydrogens is 540 g/mol. The van der Waals surface area contributed by atoms with Crippen molar-refractivity contribution in [3.05, 3.63) is 118 Å². The molecule has 0 bridgehead atoms. The van der Waals surface area contributed by atoms with Crippen LogP contribution >= 0.6 is 15.9 Å². The highest BCUT2D eigenvalue weighted by Gasteiger charge is 2.43. The number of halogens is 1. The maximum absolute atomic E-state index is 13.0. The van der Waals surface area contributed by atoms with Gasteiger partial charge >= 0.3 is 0 Å². The smallest absolute Gasteiger partial charge is 0.217 e. The van der Waals surface area contributed by atoms with Gasteiger partial charge < -0.3 is 20.2 Å². The average molecular weight is 574 g/mol.